The molecule has 2 aromatic carbocycles. The van der Waals surface area contributed by atoms with Gasteiger partial charge in [-0.3, -0.25) is 9.69 Å². The number of carbonyl (C=O) groups excluding carboxylic acids is 2. The van der Waals surface area contributed by atoms with E-state index in [1.165, 1.54) is 17.5 Å². The fraction of sp³-hybridized carbons (Fsp3) is 0.333. The number of ether oxygens (including phenoxy) is 1. The van der Waals surface area contributed by atoms with Gasteiger partial charge < -0.3 is 25.6 Å². The van der Waals surface area contributed by atoms with Crippen LogP contribution >= 0.6 is 23.2 Å². The van der Waals surface area contributed by atoms with Gasteiger partial charge in [-0.25, -0.2) is 9.78 Å². The number of nitrogens with one attached hydrogen (secondary N) is 3. The number of nitrogens with zero attached hydrogens (tertiary/aromatic N) is 4. The maximum absolute atomic E-state index is 13.2. The van der Waals surface area contributed by atoms with Crippen molar-refractivity contribution in [3.8, 4) is 5.88 Å². The normalized spacial score (nSPS) is 15.4. The quantitative estimate of drug-likeness (QED) is 0.338. The van der Waals surface area contributed by atoms with Gasteiger partial charge in [0.15, 0.2) is 6.73 Å². The van der Waals surface area contributed by atoms with Crippen molar-refractivity contribution in [2.45, 2.75) is 26.2 Å². The van der Waals surface area contributed by atoms with Gasteiger partial charge in [-0.15, -0.1) is 0 Å². The number of amides is 3. The summed E-state index contributed by atoms with van der Waals surface area (Å²) < 4.78 is 5.78. The Morgan fingerprint density at radius 3 is 2.59 bits per heavy atom. The van der Waals surface area contributed by atoms with Crippen molar-refractivity contribution >= 4 is 63.8 Å². The highest BCUT2D eigenvalue weighted by Gasteiger charge is 2.31. The van der Waals surface area contributed by atoms with Crippen LogP contribution in [0.5, 0.6) is 5.88 Å². The predicted molar refractivity (Wildman–Crippen MR) is 154 cm³/mol. The number of rotatable bonds is 6. The van der Waals surface area contributed by atoms with Crippen LogP contribution in [0.2, 0.25) is 10.0 Å². The van der Waals surface area contributed by atoms with Crippen LogP contribution in [0.4, 0.5) is 33.5 Å². The minimum Gasteiger partial charge on any atom is -0.455 e. The van der Waals surface area contributed by atoms with E-state index in [1.807, 2.05) is 18.2 Å². The van der Waals surface area contributed by atoms with Gasteiger partial charge in [-0.2, -0.15) is 4.98 Å². The van der Waals surface area contributed by atoms with Crippen LogP contribution in [0.3, 0.4) is 0 Å². The molecule has 1 aromatic heterocycles. The zero-order valence-corrected chi connectivity index (χ0v) is 23.1. The smallest absolute Gasteiger partial charge is 0.319 e. The molecule has 204 valence electrons. The molecule has 0 spiro atoms. The number of fused-ring (bicyclic) bond motifs is 1. The maximum atomic E-state index is 13.2. The van der Waals surface area contributed by atoms with Crippen LogP contribution in [-0.4, -0.2) is 48.8 Å². The lowest BCUT2D eigenvalue weighted by atomic mass is 9.94. The molecular formula is C27H29Cl2N7O3. The van der Waals surface area contributed by atoms with Crippen LogP contribution in [0.25, 0.3) is 0 Å². The summed E-state index contributed by atoms with van der Waals surface area (Å²) in [4.78, 5) is 37.7. The van der Waals surface area contributed by atoms with E-state index >= 15 is 0 Å². The lowest BCUT2D eigenvalue weighted by molar-refractivity contribution is 0.0932. The molecule has 3 N–H and O–H groups in total. The van der Waals surface area contributed by atoms with E-state index in [-0.39, 0.29) is 36.1 Å². The molecule has 3 heterocycles. The van der Waals surface area contributed by atoms with Gasteiger partial charge in [0, 0.05) is 32.0 Å². The Balaban J connectivity index is 1.36. The Kier molecular flexibility index (Phi) is 7.94. The van der Waals surface area contributed by atoms with Gasteiger partial charge in [0.25, 0.3) is 5.91 Å². The molecule has 39 heavy (non-hydrogen) atoms. The average molecular weight is 570 g/mol. The van der Waals surface area contributed by atoms with E-state index < -0.39 is 0 Å². The number of hydrogen-bond donors (Lipinski definition) is 3. The number of urea groups is 1. The van der Waals surface area contributed by atoms with E-state index in [9.17, 15) is 9.59 Å². The average Bonchev–Trinajstić information content (AvgIpc) is 2.94. The van der Waals surface area contributed by atoms with E-state index in [1.54, 1.807) is 25.2 Å². The first-order chi connectivity index (χ1) is 18.9. The molecule has 1 saturated heterocycles. The monoisotopic (exact) mass is 569 g/mol. The van der Waals surface area contributed by atoms with Crippen molar-refractivity contribution in [2.75, 3.05) is 47.3 Å². The Morgan fingerprint density at radius 2 is 1.90 bits per heavy atom. The predicted octanol–water partition coefficient (Wildman–Crippen LogP) is 5.90. The molecular weight excluding hydrogens is 541 g/mol. The van der Waals surface area contributed by atoms with Crippen LogP contribution < -0.4 is 30.5 Å². The fourth-order valence-electron chi connectivity index (χ4n) is 4.81. The molecule has 0 radical (unpaired) electrons. The summed E-state index contributed by atoms with van der Waals surface area (Å²) in [6.07, 6.45) is 4.83. The highest BCUT2D eigenvalue weighted by atomic mass is 35.5. The lowest BCUT2D eigenvalue weighted by Gasteiger charge is -2.34. The summed E-state index contributed by atoms with van der Waals surface area (Å²) in [6, 6.07) is 10.4. The van der Waals surface area contributed by atoms with E-state index in [0.717, 1.165) is 37.5 Å². The van der Waals surface area contributed by atoms with Gasteiger partial charge in [0.1, 0.15) is 5.56 Å². The Morgan fingerprint density at radius 1 is 1.15 bits per heavy atom. The van der Waals surface area contributed by atoms with Crippen LogP contribution in [0.15, 0.2) is 42.6 Å². The van der Waals surface area contributed by atoms with Crippen molar-refractivity contribution in [3.63, 3.8) is 0 Å². The first-order valence-corrected chi connectivity index (χ1v) is 13.5. The summed E-state index contributed by atoms with van der Waals surface area (Å²) >= 11 is 12.6. The first kappa shape index (κ1) is 26.8. The molecule has 0 atom stereocenters. The second-order valence-electron chi connectivity index (χ2n) is 9.39. The number of hydrogen-bond acceptors (Lipinski definition) is 7. The van der Waals surface area contributed by atoms with Gasteiger partial charge in [0.2, 0.25) is 11.8 Å². The number of halogens is 2. The number of anilines is 5. The molecule has 3 aromatic rings. The largest absolute Gasteiger partial charge is 0.455 e. The number of para-hydroxylation sites is 1. The standard InChI is InChI=1S/C27H29Cl2N7O3/c1-3-16-9-11-35(12-10-16)22-8-7-17(13-21(22)33-27(38)30-2)32-26-31-14-18-24(34-26)39-15-36(25(18)37)23-19(28)5-4-6-20(23)29/h4-8,13-14,16H,3,9-12,15H2,1-2H3,(H2,30,33,38)(H,31,32,34). The molecule has 12 heteroatoms. The van der Waals surface area contributed by atoms with Gasteiger partial charge >= 0.3 is 6.03 Å². The van der Waals surface area contributed by atoms with Crippen molar-refractivity contribution in [1.29, 1.82) is 0 Å². The van der Waals surface area contributed by atoms with Crippen molar-refractivity contribution < 1.29 is 14.3 Å². The minimum atomic E-state index is -0.369. The third kappa shape index (κ3) is 5.67. The van der Waals surface area contributed by atoms with E-state index in [4.69, 9.17) is 27.9 Å². The fourth-order valence-corrected chi connectivity index (χ4v) is 5.41. The van der Waals surface area contributed by atoms with Crippen molar-refractivity contribution in [2.24, 2.45) is 5.92 Å². The molecule has 10 nitrogen and oxygen atoms in total. The van der Waals surface area contributed by atoms with Gasteiger partial charge in [-0.05, 0) is 49.1 Å². The summed E-state index contributed by atoms with van der Waals surface area (Å²) in [5.74, 6) is 0.761. The number of aromatic nitrogens is 2. The van der Waals surface area contributed by atoms with Gasteiger partial charge in [-0.1, -0.05) is 42.6 Å². The number of benzene rings is 2. The molecule has 5 rings (SSSR count). The highest BCUT2D eigenvalue weighted by molar-refractivity contribution is 6.40. The Labute approximate surface area is 236 Å². The summed E-state index contributed by atoms with van der Waals surface area (Å²) in [5, 5.41) is 9.35. The summed E-state index contributed by atoms with van der Waals surface area (Å²) in [7, 11) is 1.58. The maximum Gasteiger partial charge on any atom is 0.319 e. The molecule has 2 aliphatic heterocycles. The Bertz CT molecular complexity index is 1380. The minimum absolute atomic E-state index is 0.102. The van der Waals surface area contributed by atoms with E-state index in [0.29, 0.717) is 27.1 Å². The molecule has 1 fully saturated rings. The Hall–Kier alpha value is -3.76. The SMILES string of the molecule is CCC1CCN(c2ccc(Nc3ncc4c(n3)OCN(c3c(Cl)cccc3Cl)C4=O)cc2NC(=O)NC)CC1. The van der Waals surface area contributed by atoms with E-state index in [2.05, 4.69) is 37.7 Å². The van der Waals surface area contributed by atoms with Gasteiger partial charge in [0.05, 0.1) is 27.1 Å². The highest BCUT2D eigenvalue weighted by Crippen LogP contribution is 2.37. The van der Waals surface area contributed by atoms with Crippen LogP contribution in [0.1, 0.15) is 36.5 Å². The molecule has 0 bridgehead atoms. The lowest BCUT2D eigenvalue weighted by Crippen LogP contribution is -2.39. The summed E-state index contributed by atoms with van der Waals surface area (Å²) in [5.41, 5.74) is 2.85. The second kappa shape index (κ2) is 11.5. The molecule has 0 aliphatic carbocycles. The number of carbonyl (C=O) groups is 2. The molecule has 2 aliphatic rings. The van der Waals surface area contributed by atoms with Crippen LogP contribution in [-0.2, 0) is 0 Å². The third-order valence-electron chi connectivity index (χ3n) is 7.03. The molecule has 0 saturated carbocycles. The van der Waals surface area contributed by atoms with Crippen molar-refractivity contribution in [3.05, 3.63) is 58.2 Å². The zero-order chi connectivity index (χ0) is 27.5. The summed E-state index contributed by atoms with van der Waals surface area (Å²) in [6.45, 7) is 4.00. The number of piperidine rings is 1. The first-order valence-electron chi connectivity index (χ1n) is 12.8. The molecule has 3 amide bonds. The topological polar surface area (TPSA) is 112 Å². The third-order valence-corrected chi connectivity index (χ3v) is 7.64. The van der Waals surface area contributed by atoms with Crippen molar-refractivity contribution in [1.82, 2.24) is 15.3 Å². The van der Waals surface area contributed by atoms with Crippen LogP contribution in [0, 0.1) is 5.92 Å². The zero-order valence-electron chi connectivity index (χ0n) is 21.6. The molecule has 0 unspecified atom stereocenters. The second-order valence-corrected chi connectivity index (χ2v) is 10.2.